The fourth-order valence-electron chi connectivity index (χ4n) is 3.98. The molecule has 4 heteroatoms. The Morgan fingerprint density at radius 1 is 1.11 bits per heavy atom. The molecule has 1 amide bonds. The second-order valence-corrected chi connectivity index (χ2v) is 7.42. The Hall–Kier alpha value is -2.33. The van der Waals surface area contributed by atoms with Crippen molar-refractivity contribution in [1.82, 2.24) is 10.6 Å². The van der Waals surface area contributed by atoms with Gasteiger partial charge in [0.05, 0.1) is 13.2 Å². The quantitative estimate of drug-likeness (QED) is 0.781. The molecule has 1 aliphatic rings. The van der Waals surface area contributed by atoms with Crippen molar-refractivity contribution in [3.63, 3.8) is 0 Å². The van der Waals surface area contributed by atoms with Gasteiger partial charge in [0, 0.05) is 12.0 Å². The first-order valence-electron chi connectivity index (χ1n) is 9.87. The van der Waals surface area contributed by atoms with Crippen LogP contribution in [0.5, 0.6) is 5.75 Å². The smallest absolute Gasteiger partial charge is 0.221 e. The number of hydrogen-bond acceptors (Lipinski definition) is 3. The zero-order valence-electron chi connectivity index (χ0n) is 16.3. The van der Waals surface area contributed by atoms with Crippen molar-refractivity contribution in [3.05, 3.63) is 65.7 Å². The number of carbonyl (C=O) groups excluding carboxylic acids is 1. The van der Waals surface area contributed by atoms with E-state index >= 15 is 0 Å². The molecular formula is C23H30N2O2. The van der Waals surface area contributed by atoms with E-state index < -0.39 is 0 Å². The van der Waals surface area contributed by atoms with Crippen LogP contribution in [0.1, 0.15) is 43.4 Å². The molecule has 2 aromatic rings. The zero-order valence-corrected chi connectivity index (χ0v) is 16.3. The molecule has 0 spiro atoms. The summed E-state index contributed by atoms with van der Waals surface area (Å²) in [7, 11) is 1.67. The van der Waals surface area contributed by atoms with Crippen LogP contribution < -0.4 is 15.4 Å². The Balaban J connectivity index is 1.76. The van der Waals surface area contributed by atoms with E-state index in [1.54, 1.807) is 7.11 Å². The topological polar surface area (TPSA) is 50.4 Å². The van der Waals surface area contributed by atoms with Crippen LogP contribution in [0.3, 0.4) is 0 Å². The SMILES string of the molecule is COc1ccccc1C(NC(=O)CC(C)C1CCNCC1)c1ccccc1. The summed E-state index contributed by atoms with van der Waals surface area (Å²) in [5, 5.41) is 6.66. The molecule has 0 aromatic heterocycles. The van der Waals surface area contributed by atoms with Crippen molar-refractivity contribution < 1.29 is 9.53 Å². The fraction of sp³-hybridized carbons (Fsp3) is 0.435. The predicted molar refractivity (Wildman–Crippen MR) is 109 cm³/mol. The van der Waals surface area contributed by atoms with E-state index in [1.807, 2.05) is 54.6 Å². The Morgan fingerprint density at radius 2 is 1.78 bits per heavy atom. The standard InChI is InChI=1S/C23H30N2O2/c1-17(18-12-14-24-15-13-18)16-22(26)25-23(19-8-4-3-5-9-19)20-10-6-7-11-21(20)27-2/h3-11,17-18,23-24H,12-16H2,1-2H3,(H,25,26). The van der Waals surface area contributed by atoms with Gasteiger partial charge < -0.3 is 15.4 Å². The number of piperidine rings is 1. The average Bonchev–Trinajstić information content (AvgIpc) is 2.73. The first-order chi connectivity index (χ1) is 13.2. The molecule has 3 rings (SSSR count). The second-order valence-electron chi connectivity index (χ2n) is 7.42. The van der Waals surface area contributed by atoms with Crippen LogP contribution >= 0.6 is 0 Å². The third-order valence-electron chi connectivity index (χ3n) is 5.58. The highest BCUT2D eigenvalue weighted by atomic mass is 16.5. The first-order valence-corrected chi connectivity index (χ1v) is 9.87. The third kappa shape index (κ3) is 5.10. The van der Waals surface area contributed by atoms with Gasteiger partial charge in [-0.25, -0.2) is 0 Å². The van der Waals surface area contributed by atoms with Crippen molar-refractivity contribution in [3.8, 4) is 5.75 Å². The van der Waals surface area contributed by atoms with E-state index in [1.165, 1.54) is 0 Å². The molecule has 0 aliphatic carbocycles. The van der Waals surface area contributed by atoms with Gasteiger partial charge in [-0.2, -0.15) is 0 Å². The normalized spacial score (nSPS) is 17.1. The monoisotopic (exact) mass is 366 g/mol. The van der Waals surface area contributed by atoms with Gasteiger partial charge in [-0.15, -0.1) is 0 Å². The number of carbonyl (C=O) groups is 1. The molecule has 0 radical (unpaired) electrons. The van der Waals surface area contributed by atoms with Crippen LogP contribution in [0, 0.1) is 11.8 Å². The van der Waals surface area contributed by atoms with Gasteiger partial charge in [-0.1, -0.05) is 55.5 Å². The summed E-state index contributed by atoms with van der Waals surface area (Å²) >= 11 is 0. The minimum atomic E-state index is -0.213. The Morgan fingerprint density at radius 3 is 2.48 bits per heavy atom. The lowest BCUT2D eigenvalue weighted by Crippen LogP contribution is -2.35. The van der Waals surface area contributed by atoms with Crippen LogP contribution in [0.2, 0.25) is 0 Å². The molecule has 1 fully saturated rings. The molecule has 0 saturated carbocycles. The van der Waals surface area contributed by atoms with Crippen LogP contribution in [0.25, 0.3) is 0 Å². The molecule has 27 heavy (non-hydrogen) atoms. The van der Waals surface area contributed by atoms with Gasteiger partial charge in [-0.05, 0) is 49.4 Å². The number of para-hydroxylation sites is 1. The van der Waals surface area contributed by atoms with Gasteiger partial charge in [0.1, 0.15) is 5.75 Å². The van der Waals surface area contributed by atoms with Crippen LogP contribution in [0.4, 0.5) is 0 Å². The summed E-state index contributed by atoms with van der Waals surface area (Å²) in [6.07, 6.45) is 2.87. The zero-order chi connectivity index (χ0) is 19.1. The van der Waals surface area contributed by atoms with Gasteiger partial charge in [0.2, 0.25) is 5.91 Å². The maximum atomic E-state index is 12.9. The van der Waals surface area contributed by atoms with Crippen molar-refractivity contribution in [2.75, 3.05) is 20.2 Å². The van der Waals surface area contributed by atoms with Gasteiger partial charge >= 0.3 is 0 Å². The lowest BCUT2D eigenvalue weighted by Gasteiger charge is -2.29. The number of benzene rings is 2. The lowest BCUT2D eigenvalue weighted by atomic mass is 9.84. The van der Waals surface area contributed by atoms with Crippen LogP contribution in [-0.2, 0) is 4.79 Å². The summed E-state index contributed by atoms with van der Waals surface area (Å²) in [6, 6.07) is 17.8. The molecule has 1 heterocycles. The lowest BCUT2D eigenvalue weighted by molar-refractivity contribution is -0.122. The molecule has 2 unspecified atom stereocenters. The fourth-order valence-corrected chi connectivity index (χ4v) is 3.98. The Kier molecular flexibility index (Phi) is 6.88. The average molecular weight is 367 g/mol. The van der Waals surface area contributed by atoms with E-state index in [4.69, 9.17) is 4.74 Å². The Labute approximate surface area is 162 Å². The molecule has 2 atom stereocenters. The highest BCUT2D eigenvalue weighted by Gasteiger charge is 2.25. The van der Waals surface area contributed by atoms with E-state index in [2.05, 4.69) is 17.6 Å². The number of amides is 1. The van der Waals surface area contributed by atoms with E-state index in [9.17, 15) is 4.79 Å². The molecular weight excluding hydrogens is 336 g/mol. The first kappa shape index (κ1) is 19.4. The minimum absolute atomic E-state index is 0.0980. The third-order valence-corrected chi connectivity index (χ3v) is 5.58. The molecule has 2 N–H and O–H groups in total. The van der Waals surface area contributed by atoms with Crippen molar-refractivity contribution in [2.24, 2.45) is 11.8 Å². The maximum Gasteiger partial charge on any atom is 0.221 e. The summed E-state index contributed by atoms with van der Waals surface area (Å²) in [4.78, 5) is 12.9. The van der Waals surface area contributed by atoms with E-state index in [0.29, 0.717) is 18.3 Å². The minimum Gasteiger partial charge on any atom is -0.496 e. The molecule has 1 saturated heterocycles. The number of nitrogens with one attached hydrogen (secondary N) is 2. The van der Waals surface area contributed by atoms with Gasteiger partial charge in [0.15, 0.2) is 0 Å². The maximum absolute atomic E-state index is 12.9. The summed E-state index contributed by atoms with van der Waals surface area (Å²) in [5.41, 5.74) is 2.04. The van der Waals surface area contributed by atoms with Crippen LogP contribution in [0.15, 0.2) is 54.6 Å². The van der Waals surface area contributed by atoms with Gasteiger partial charge in [-0.3, -0.25) is 4.79 Å². The molecule has 1 aliphatic heterocycles. The summed E-state index contributed by atoms with van der Waals surface area (Å²) in [6.45, 7) is 4.32. The molecule has 2 aromatic carbocycles. The largest absolute Gasteiger partial charge is 0.496 e. The molecule has 0 bridgehead atoms. The second kappa shape index (κ2) is 9.56. The molecule has 144 valence electrons. The summed E-state index contributed by atoms with van der Waals surface area (Å²) in [5.74, 6) is 1.90. The van der Waals surface area contributed by atoms with Crippen LogP contribution in [-0.4, -0.2) is 26.1 Å². The Bertz CT molecular complexity index is 726. The van der Waals surface area contributed by atoms with E-state index in [0.717, 1.165) is 42.8 Å². The number of rotatable bonds is 7. The predicted octanol–water partition coefficient (Wildman–Crippen LogP) is 3.93. The number of hydrogen-bond donors (Lipinski definition) is 2. The van der Waals surface area contributed by atoms with Crippen molar-refractivity contribution in [1.29, 1.82) is 0 Å². The summed E-state index contributed by atoms with van der Waals surface area (Å²) < 4.78 is 5.55. The van der Waals surface area contributed by atoms with Crippen molar-refractivity contribution in [2.45, 2.75) is 32.2 Å². The number of methoxy groups -OCH3 is 1. The van der Waals surface area contributed by atoms with Crippen molar-refractivity contribution >= 4 is 5.91 Å². The van der Waals surface area contributed by atoms with Gasteiger partial charge in [0.25, 0.3) is 0 Å². The number of ether oxygens (including phenoxy) is 1. The highest BCUT2D eigenvalue weighted by Crippen LogP contribution is 2.31. The highest BCUT2D eigenvalue weighted by molar-refractivity contribution is 5.77. The molecule has 4 nitrogen and oxygen atoms in total. The van der Waals surface area contributed by atoms with E-state index in [-0.39, 0.29) is 11.9 Å².